The summed E-state index contributed by atoms with van der Waals surface area (Å²) in [6.07, 6.45) is 0. The van der Waals surface area contributed by atoms with Crippen LogP contribution in [0.2, 0.25) is 0 Å². The number of methoxy groups -OCH3 is 1. The molecule has 158 valence electrons. The van der Waals surface area contributed by atoms with E-state index in [0.29, 0.717) is 6.54 Å². The predicted octanol–water partition coefficient (Wildman–Crippen LogP) is 5.88. The smallest absolute Gasteiger partial charge is 0.247 e. The van der Waals surface area contributed by atoms with E-state index in [2.05, 4.69) is 43.3 Å². The highest BCUT2D eigenvalue weighted by atomic mass is 16.5. The van der Waals surface area contributed by atoms with Crippen LogP contribution in [-0.2, 0) is 16.8 Å². The van der Waals surface area contributed by atoms with Gasteiger partial charge in [0.15, 0.2) is 0 Å². The van der Waals surface area contributed by atoms with Crippen LogP contribution in [-0.4, -0.2) is 13.0 Å². The zero-order chi connectivity index (χ0) is 22.1. The van der Waals surface area contributed by atoms with Crippen LogP contribution in [0.3, 0.4) is 0 Å². The maximum atomic E-state index is 14.5. The molecule has 0 spiro atoms. The average Bonchev–Trinajstić information content (AvgIpc) is 3.09. The summed E-state index contributed by atoms with van der Waals surface area (Å²) >= 11 is 0. The van der Waals surface area contributed by atoms with Crippen LogP contribution in [0.25, 0.3) is 0 Å². The summed E-state index contributed by atoms with van der Waals surface area (Å²) in [5, 5.41) is 0. The van der Waals surface area contributed by atoms with Crippen LogP contribution in [0.4, 0.5) is 5.69 Å². The van der Waals surface area contributed by atoms with Crippen LogP contribution < -0.4 is 9.64 Å². The number of para-hydroxylation sites is 1. The van der Waals surface area contributed by atoms with E-state index in [1.807, 2.05) is 71.6 Å². The van der Waals surface area contributed by atoms with E-state index < -0.39 is 5.41 Å². The lowest BCUT2D eigenvalue weighted by molar-refractivity contribution is -0.120. The highest BCUT2D eigenvalue weighted by Gasteiger charge is 2.53. The first kappa shape index (κ1) is 20.1. The molecule has 32 heavy (non-hydrogen) atoms. The predicted molar refractivity (Wildman–Crippen MR) is 128 cm³/mol. The van der Waals surface area contributed by atoms with Crippen molar-refractivity contribution < 1.29 is 9.53 Å². The fourth-order valence-corrected chi connectivity index (χ4v) is 4.91. The minimum absolute atomic E-state index is 0.0713. The maximum Gasteiger partial charge on any atom is 0.247 e. The van der Waals surface area contributed by atoms with Gasteiger partial charge in [-0.15, -0.1) is 0 Å². The molecule has 0 aromatic heterocycles. The van der Waals surface area contributed by atoms with Crippen molar-refractivity contribution in [2.75, 3.05) is 12.0 Å². The van der Waals surface area contributed by atoms with Crippen molar-refractivity contribution in [2.45, 2.75) is 18.9 Å². The molecule has 0 saturated carbocycles. The molecule has 4 aromatic carbocycles. The number of carbonyl (C=O) groups excluding carboxylic acids is 1. The minimum Gasteiger partial charge on any atom is -0.497 e. The van der Waals surface area contributed by atoms with Crippen molar-refractivity contribution in [2.24, 2.45) is 0 Å². The number of carbonyl (C=O) groups is 1. The molecule has 4 aromatic rings. The van der Waals surface area contributed by atoms with Gasteiger partial charge in [-0.05, 0) is 47.4 Å². The van der Waals surface area contributed by atoms with Gasteiger partial charge in [-0.3, -0.25) is 4.79 Å². The molecule has 0 saturated heterocycles. The van der Waals surface area contributed by atoms with Gasteiger partial charge >= 0.3 is 0 Å². The molecule has 0 bridgehead atoms. The summed E-state index contributed by atoms with van der Waals surface area (Å²) in [5.74, 6) is 0.843. The molecule has 1 atom stereocenters. The number of aryl methyl sites for hydroxylation is 1. The molecule has 0 radical (unpaired) electrons. The lowest BCUT2D eigenvalue weighted by Crippen LogP contribution is -2.42. The normalized spacial score (nSPS) is 17.3. The minimum atomic E-state index is -0.914. The summed E-state index contributed by atoms with van der Waals surface area (Å²) in [5.41, 5.74) is 5.21. The van der Waals surface area contributed by atoms with Gasteiger partial charge in [0, 0.05) is 11.3 Å². The third kappa shape index (κ3) is 3.01. The molecule has 3 nitrogen and oxygen atoms in total. The lowest BCUT2D eigenvalue weighted by atomic mass is 9.69. The second-order valence-corrected chi connectivity index (χ2v) is 8.19. The van der Waals surface area contributed by atoms with E-state index in [1.54, 1.807) is 7.11 Å². The number of anilines is 1. The first-order chi connectivity index (χ1) is 15.7. The number of benzene rings is 4. The highest BCUT2D eigenvalue weighted by molar-refractivity contribution is 6.13. The van der Waals surface area contributed by atoms with Crippen LogP contribution in [0.1, 0.15) is 27.8 Å². The molecule has 0 N–H and O–H groups in total. The largest absolute Gasteiger partial charge is 0.497 e. The number of ether oxygens (including phenoxy) is 1. The van der Waals surface area contributed by atoms with Crippen molar-refractivity contribution in [3.05, 3.63) is 131 Å². The van der Waals surface area contributed by atoms with Gasteiger partial charge in [0.1, 0.15) is 11.2 Å². The first-order valence-corrected chi connectivity index (χ1v) is 10.8. The van der Waals surface area contributed by atoms with Gasteiger partial charge in [-0.2, -0.15) is 0 Å². The van der Waals surface area contributed by atoms with Crippen molar-refractivity contribution in [1.82, 2.24) is 0 Å². The summed E-state index contributed by atoms with van der Waals surface area (Å²) in [6, 6.07) is 34.4. The highest BCUT2D eigenvalue weighted by Crippen LogP contribution is 2.51. The number of hydrogen-bond acceptors (Lipinski definition) is 2. The average molecular weight is 420 g/mol. The van der Waals surface area contributed by atoms with Crippen molar-refractivity contribution in [1.29, 1.82) is 0 Å². The lowest BCUT2D eigenvalue weighted by Gasteiger charge is -2.32. The molecule has 1 amide bonds. The monoisotopic (exact) mass is 419 g/mol. The second-order valence-electron chi connectivity index (χ2n) is 8.19. The number of rotatable bonds is 5. The topological polar surface area (TPSA) is 29.5 Å². The number of hydrogen-bond donors (Lipinski definition) is 0. The molecular formula is C29H25NO2. The number of nitrogens with zero attached hydrogens (tertiary/aromatic N) is 1. The van der Waals surface area contributed by atoms with Gasteiger partial charge in [0.2, 0.25) is 5.91 Å². The Bertz CT molecular complexity index is 1260. The Morgan fingerprint density at radius 1 is 0.750 bits per heavy atom. The molecule has 0 aliphatic carbocycles. The second kappa shape index (κ2) is 8.01. The number of fused-ring (bicyclic) bond motifs is 1. The summed E-state index contributed by atoms with van der Waals surface area (Å²) < 4.78 is 5.40. The SMILES string of the molecule is COc1ccc(C2(c3ccccc3C)C(=O)N(Cc3ccccc3)c3ccccc32)cc1. The molecule has 1 aliphatic rings. The Balaban J connectivity index is 1.78. The van der Waals surface area contributed by atoms with Gasteiger partial charge < -0.3 is 9.64 Å². The van der Waals surface area contributed by atoms with Gasteiger partial charge in [-0.1, -0.05) is 84.9 Å². The standard InChI is InChI=1S/C29H25NO2/c1-21-10-6-7-13-25(21)29(23-16-18-24(32-2)19-17-23)26-14-8-9-15-27(26)30(28(29)31)20-22-11-4-3-5-12-22/h3-19H,20H2,1-2H3. The van der Waals surface area contributed by atoms with E-state index in [-0.39, 0.29) is 5.91 Å². The first-order valence-electron chi connectivity index (χ1n) is 10.8. The summed E-state index contributed by atoms with van der Waals surface area (Å²) in [6.45, 7) is 2.61. The van der Waals surface area contributed by atoms with Crippen molar-refractivity contribution in [3.8, 4) is 5.75 Å². The molecule has 1 aliphatic heterocycles. The Morgan fingerprint density at radius 2 is 1.38 bits per heavy atom. The molecule has 1 heterocycles. The van der Waals surface area contributed by atoms with E-state index in [9.17, 15) is 4.79 Å². The quantitative estimate of drug-likeness (QED) is 0.404. The van der Waals surface area contributed by atoms with Gasteiger partial charge in [-0.25, -0.2) is 0 Å². The summed E-state index contributed by atoms with van der Waals surface area (Å²) in [4.78, 5) is 16.4. The third-order valence-corrected chi connectivity index (χ3v) is 6.42. The third-order valence-electron chi connectivity index (χ3n) is 6.42. The fourth-order valence-electron chi connectivity index (χ4n) is 4.91. The zero-order valence-corrected chi connectivity index (χ0v) is 18.3. The molecular weight excluding hydrogens is 394 g/mol. The number of amides is 1. The Morgan fingerprint density at radius 3 is 2.06 bits per heavy atom. The van der Waals surface area contributed by atoms with E-state index in [1.165, 1.54) is 0 Å². The molecule has 5 rings (SSSR count). The zero-order valence-electron chi connectivity index (χ0n) is 18.3. The van der Waals surface area contributed by atoms with Crippen LogP contribution in [0, 0.1) is 6.92 Å². The molecule has 0 fully saturated rings. The van der Waals surface area contributed by atoms with Crippen LogP contribution in [0.15, 0.2) is 103 Å². The van der Waals surface area contributed by atoms with Gasteiger partial charge in [0.25, 0.3) is 0 Å². The Hall–Kier alpha value is -3.85. The van der Waals surface area contributed by atoms with Crippen LogP contribution >= 0.6 is 0 Å². The summed E-state index contributed by atoms with van der Waals surface area (Å²) in [7, 11) is 1.66. The van der Waals surface area contributed by atoms with E-state index >= 15 is 0 Å². The van der Waals surface area contributed by atoms with Crippen molar-refractivity contribution in [3.63, 3.8) is 0 Å². The van der Waals surface area contributed by atoms with Crippen molar-refractivity contribution >= 4 is 11.6 Å². The molecule has 1 unspecified atom stereocenters. The van der Waals surface area contributed by atoms with Crippen LogP contribution in [0.5, 0.6) is 5.75 Å². The van der Waals surface area contributed by atoms with E-state index in [4.69, 9.17) is 4.74 Å². The van der Waals surface area contributed by atoms with E-state index in [0.717, 1.165) is 39.3 Å². The molecule has 3 heteroatoms. The fraction of sp³-hybridized carbons (Fsp3) is 0.138. The Kier molecular flexibility index (Phi) is 5.02. The maximum absolute atomic E-state index is 14.5. The Labute approximate surface area is 188 Å². The van der Waals surface area contributed by atoms with Gasteiger partial charge in [0.05, 0.1) is 13.7 Å².